The number of para-hydroxylation sites is 1. The van der Waals surface area contributed by atoms with E-state index in [1.165, 1.54) is 0 Å². The van der Waals surface area contributed by atoms with Crippen LogP contribution in [0.15, 0.2) is 53.2 Å². The summed E-state index contributed by atoms with van der Waals surface area (Å²) in [5.74, 6) is 3.45. The molecule has 5 heteroatoms. The Labute approximate surface area is 128 Å². The lowest BCUT2D eigenvalue weighted by atomic mass is 10.2. The predicted molar refractivity (Wildman–Crippen MR) is 80.6 cm³/mol. The molecule has 4 rings (SSSR count). The average Bonchev–Trinajstić information content (AvgIpc) is 3.09. The molecule has 5 nitrogen and oxygen atoms in total. The Morgan fingerprint density at radius 3 is 2.73 bits per heavy atom. The monoisotopic (exact) mass is 293 g/mol. The van der Waals surface area contributed by atoms with Gasteiger partial charge in [0.15, 0.2) is 0 Å². The number of hydrogen-bond donors (Lipinski definition) is 0. The molecule has 0 aliphatic heterocycles. The van der Waals surface area contributed by atoms with Gasteiger partial charge >= 0.3 is 0 Å². The van der Waals surface area contributed by atoms with Crippen LogP contribution in [-0.2, 0) is 0 Å². The van der Waals surface area contributed by atoms with Crippen LogP contribution in [0.25, 0.3) is 11.4 Å². The zero-order valence-electron chi connectivity index (χ0n) is 12.1. The van der Waals surface area contributed by atoms with E-state index in [-0.39, 0.29) is 0 Å². The standard InChI is InChI=1S/C17H15N3O2/c1-11-10-14(11)17-19-15(20-22-17)13-8-5-9-18-16(13)21-12-6-3-2-4-7-12/h2-9,11,14H,10H2,1H3/t11-,14-/m0/s1. The lowest BCUT2D eigenvalue weighted by Gasteiger charge is -2.06. The van der Waals surface area contributed by atoms with E-state index in [0.717, 1.165) is 17.7 Å². The van der Waals surface area contributed by atoms with Crippen molar-refractivity contribution < 1.29 is 9.26 Å². The van der Waals surface area contributed by atoms with Crippen molar-refractivity contribution in [3.05, 3.63) is 54.6 Å². The zero-order valence-corrected chi connectivity index (χ0v) is 12.1. The maximum Gasteiger partial charge on any atom is 0.230 e. The topological polar surface area (TPSA) is 61.0 Å². The molecule has 0 amide bonds. The fourth-order valence-electron chi connectivity index (χ4n) is 2.40. The van der Waals surface area contributed by atoms with E-state index in [4.69, 9.17) is 9.26 Å². The highest BCUT2D eigenvalue weighted by molar-refractivity contribution is 5.61. The van der Waals surface area contributed by atoms with Gasteiger partial charge in [-0.05, 0) is 36.6 Å². The Morgan fingerprint density at radius 1 is 1.14 bits per heavy atom. The third kappa shape index (κ3) is 2.45. The summed E-state index contributed by atoms with van der Waals surface area (Å²) in [6.45, 7) is 2.18. The minimum Gasteiger partial charge on any atom is -0.438 e. The number of rotatable bonds is 4. The van der Waals surface area contributed by atoms with E-state index in [2.05, 4.69) is 22.0 Å². The maximum atomic E-state index is 5.84. The van der Waals surface area contributed by atoms with Gasteiger partial charge in [-0.2, -0.15) is 4.98 Å². The molecule has 0 bridgehead atoms. The lowest BCUT2D eigenvalue weighted by Crippen LogP contribution is -1.92. The Kier molecular flexibility index (Phi) is 3.11. The highest BCUT2D eigenvalue weighted by atomic mass is 16.5. The third-order valence-electron chi connectivity index (χ3n) is 3.84. The smallest absolute Gasteiger partial charge is 0.230 e. The first kappa shape index (κ1) is 13.0. The Bertz CT molecular complexity index is 785. The van der Waals surface area contributed by atoms with Gasteiger partial charge in [0.2, 0.25) is 17.6 Å². The molecule has 0 radical (unpaired) electrons. The number of nitrogens with zero attached hydrogens (tertiary/aromatic N) is 3. The van der Waals surface area contributed by atoms with Gasteiger partial charge in [-0.3, -0.25) is 0 Å². The van der Waals surface area contributed by atoms with Gasteiger partial charge in [0.25, 0.3) is 0 Å². The molecule has 110 valence electrons. The van der Waals surface area contributed by atoms with Crippen molar-refractivity contribution in [2.24, 2.45) is 5.92 Å². The van der Waals surface area contributed by atoms with Crippen LogP contribution in [0.2, 0.25) is 0 Å². The fourth-order valence-corrected chi connectivity index (χ4v) is 2.40. The van der Waals surface area contributed by atoms with Crippen LogP contribution in [0.1, 0.15) is 25.2 Å². The molecule has 1 aliphatic carbocycles. The summed E-state index contributed by atoms with van der Waals surface area (Å²) in [7, 11) is 0. The number of hydrogen-bond acceptors (Lipinski definition) is 5. The number of aromatic nitrogens is 3. The number of benzene rings is 1. The second-order valence-electron chi connectivity index (χ2n) is 5.55. The molecule has 1 aromatic carbocycles. The van der Waals surface area contributed by atoms with Crippen molar-refractivity contribution in [2.45, 2.75) is 19.3 Å². The Balaban J connectivity index is 1.65. The van der Waals surface area contributed by atoms with E-state index < -0.39 is 0 Å². The van der Waals surface area contributed by atoms with Gasteiger partial charge in [0, 0.05) is 12.1 Å². The SMILES string of the molecule is C[C@H]1C[C@@H]1c1nc(-c2cccnc2Oc2ccccc2)no1. The maximum absolute atomic E-state index is 5.84. The average molecular weight is 293 g/mol. The molecule has 0 spiro atoms. The summed E-state index contributed by atoms with van der Waals surface area (Å²) in [5, 5.41) is 4.08. The van der Waals surface area contributed by atoms with Gasteiger partial charge in [0.1, 0.15) is 5.75 Å². The molecule has 2 aromatic heterocycles. The largest absolute Gasteiger partial charge is 0.438 e. The first-order valence-corrected chi connectivity index (χ1v) is 7.33. The lowest BCUT2D eigenvalue weighted by molar-refractivity contribution is 0.376. The van der Waals surface area contributed by atoms with Crippen LogP contribution in [0.5, 0.6) is 11.6 Å². The molecule has 0 N–H and O–H groups in total. The van der Waals surface area contributed by atoms with Crippen molar-refractivity contribution in [1.82, 2.24) is 15.1 Å². The highest BCUT2D eigenvalue weighted by Gasteiger charge is 2.39. The van der Waals surface area contributed by atoms with E-state index in [0.29, 0.717) is 29.4 Å². The van der Waals surface area contributed by atoms with Gasteiger partial charge in [-0.1, -0.05) is 30.3 Å². The third-order valence-corrected chi connectivity index (χ3v) is 3.84. The number of ether oxygens (including phenoxy) is 1. The van der Waals surface area contributed by atoms with E-state index >= 15 is 0 Å². The second kappa shape index (κ2) is 5.26. The summed E-state index contributed by atoms with van der Waals surface area (Å²) < 4.78 is 11.2. The number of pyridine rings is 1. The zero-order chi connectivity index (χ0) is 14.9. The van der Waals surface area contributed by atoms with Gasteiger partial charge < -0.3 is 9.26 Å². The van der Waals surface area contributed by atoms with E-state index in [9.17, 15) is 0 Å². The molecular formula is C17H15N3O2. The summed E-state index contributed by atoms with van der Waals surface area (Å²) in [5.41, 5.74) is 0.731. The predicted octanol–water partition coefficient (Wildman–Crippen LogP) is 4.05. The summed E-state index contributed by atoms with van der Waals surface area (Å²) >= 11 is 0. The van der Waals surface area contributed by atoms with Crippen LogP contribution in [0, 0.1) is 5.92 Å². The van der Waals surface area contributed by atoms with Crippen molar-refractivity contribution in [3.63, 3.8) is 0 Å². The summed E-state index contributed by atoms with van der Waals surface area (Å²) in [6, 6.07) is 13.3. The van der Waals surface area contributed by atoms with Crippen molar-refractivity contribution >= 4 is 0 Å². The minimum atomic E-state index is 0.399. The summed E-state index contributed by atoms with van der Waals surface area (Å²) in [6.07, 6.45) is 2.80. The van der Waals surface area contributed by atoms with Crippen LogP contribution in [0.3, 0.4) is 0 Å². The van der Waals surface area contributed by atoms with Crippen LogP contribution in [0.4, 0.5) is 0 Å². The van der Waals surface area contributed by atoms with E-state index in [1.54, 1.807) is 6.20 Å². The first-order valence-electron chi connectivity index (χ1n) is 7.33. The molecule has 1 fully saturated rings. The van der Waals surface area contributed by atoms with Gasteiger partial charge in [0.05, 0.1) is 5.56 Å². The van der Waals surface area contributed by atoms with Crippen molar-refractivity contribution in [2.75, 3.05) is 0 Å². The van der Waals surface area contributed by atoms with Crippen molar-refractivity contribution in [1.29, 1.82) is 0 Å². The highest BCUT2D eigenvalue weighted by Crippen LogP contribution is 2.46. The van der Waals surface area contributed by atoms with Crippen LogP contribution < -0.4 is 4.74 Å². The Hall–Kier alpha value is -2.69. The minimum absolute atomic E-state index is 0.399. The van der Waals surface area contributed by atoms with Crippen LogP contribution >= 0.6 is 0 Å². The quantitative estimate of drug-likeness (QED) is 0.726. The Morgan fingerprint density at radius 2 is 1.95 bits per heavy atom. The van der Waals surface area contributed by atoms with Gasteiger partial charge in [-0.15, -0.1) is 0 Å². The normalized spacial score (nSPS) is 19.9. The first-order chi connectivity index (χ1) is 10.8. The molecule has 0 saturated heterocycles. The fraction of sp³-hybridized carbons (Fsp3) is 0.235. The molecule has 1 aliphatic rings. The molecule has 3 aromatic rings. The second-order valence-corrected chi connectivity index (χ2v) is 5.55. The van der Waals surface area contributed by atoms with E-state index in [1.807, 2.05) is 42.5 Å². The van der Waals surface area contributed by atoms with Crippen LogP contribution in [-0.4, -0.2) is 15.1 Å². The molecule has 1 saturated carbocycles. The van der Waals surface area contributed by atoms with Gasteiger partial charge in [-0.25, -0.2) is 4.98 Å². The molecular weight excluding hydrogens is 278 g/mol. The molecule has 2 atom stereocenters. The summed E-state index contributed by atoms with van der Waals surface area (Å²) in [4.78, 5) is 8.79. The molecule has 0 unspecified atom stereocenters. The molecule has 2 heterocycles. The molecule has 22 heavy (non-hydrogen) atoms. The van der Waals surface area contributed by atoms with Crippen molar-refractivity contribution in [3.8, 4) is 23.0 Å².